The molecule has 0 bridgehead atoms. The summed E-state index contributed by atoms with van der Waals surface area (Å²) in [5.74, 6) is -1.01. The van der Waals surface area contributed by atoms with E-state index in [1.165, 1.54) is 12.1 Å². The Balaban J connectivity index is 2.77. The number of alkyl halides is 3. The number of anilines is 1. The molecule has 8 heteroatoms. The molecule has 1 aromatic carbocycles. The standard InChI is InChI=1S/C10H10F3N3O2/c11-10(12,13)6-2-1-3-7(4-6)15-9(17)5-8(14)16-18/h1-4,18H,5H2,(H2,14,16)(H,15,17). The van der Waals surface area contributed by atoms with Crippen LogP contribution >= 0.6 is 0 Å². The number of carbonyl (C=O) groups is 1. The molecule has 0 fully saturated rings. The smallest absolute Gasteiger partial charge is 0.409 e. The number of carbonyl (C=O) groups excluding carboxylic acids is 1. The Kier molecular flexibility index (Phi) is 4.13. The highest BCUT2D eigenvalue weighted by atomic mass is 19.4. The number of hydrogen-bond donors (Lipinski definition) is 3. The lowest BCUT2D eigenvalue weighted by Crippen LogP contribution is -2.22. The molecule has 1 amide bonds. The fourth-order valence-electron chi connectivity index (χ4n) is 1.18. The van der Waals surface area contributed by atoms with Crippen molar-refractivity contribution in [2.75, 3.05) is 5.32 Å². The van der Waals surface area contributed by atoms with Crippen molar-refractivity contribution in [2.24, 2.45) is 10.9 Å². The van der Waals surface area contributed by atoms with E-state index in [0.717, 1.165) is 12.1 Å². The van der Waals surface area contributed by atoms with E-state index in [1.54, 1.807) is 0 Å². The summed E-state index contributed by atoms with van der Waals surface area (Å²) < 4.78 is 37.2. The first-order valence-electron chi connectivity index (χ1n) is 4.76. The van der Waals surface area contributed by atoms with Crippen LogP contribution in [0.4, 0.5) is 18.9 Å². The highest BCUT2D eigenvalue weighted by Gasteiger charge is 2.30. The van der Waals surface area contributed by atoms with E-state index in [4.69, 9.17) is 10.9 Å². The van der Waals surface area contributed by atoms with Crippen molar-refractivity contribution in [1.82, 2.24) is 0 Å². The Morgan fingerprint density at radius 1 is 1.44 bits per heavy atom. The van der Waals surface area contributed by atoms with Crippen LogP contribution in [0.1, 0.15) is 12.0 Å². The van der Waals surface area contributed by atoms with Gasteiger partial charge in [0.15, 0.2) is 0 Å². The Hall–Kier alpha value is -2.25. The Labute approximate surface area is 100 Å². The van der Waals surface area contributed by atoms with Gasteiger partial charge in [-0.3, -0.25) is 4.79 Å². The molecule has 1 aromatic rings. The molecule has 0 atom stereocenters. The van der Waals surface area contributed by atoms with Gasteiger partial charge in [-0.05, 0) is 18.2 Å². The van der Waals surface area contributed by atoms with E-state index in [0.29, 0.717) is 0 Å². The molecule has 0 unspecified atom stereocenters. The lowest BCUT2D eigenvalue weighted by atomic mass is 10.2. The number of nitrogens with two attached hydrogens (primary N) is 1. The normalized spacial score (nSPS) is 12.3. The van der Waals surface area contributed by atoms with E-state index < -0.39 is 24.1 Å². The lowest BCUT2D eigenvalue weighted by molar-refractivity contribution is -0.137. The summed E-state index contributed by atoms with van der Waals surface area (Å²) in [6, 6.07) is 4.16. The number of amidine groups is 1. The summed E-state index contributed by atoms with van der Waals surface area (Å²) in [7, 11) is 0. The summed E-state index contributed by atoms with van der Waals surface area (Å²) in [5.41, 5.74) is 4.20. The quantitative estimate of drug-likeness (QED) is 0.335. The topological polar surface area (TPSA) is 87.7 Å². The van der Waals surface area contributed by atoms with Gasteiger partial charge in [-0.2, -0.15) is 13.2 Å². The van der Waals surface area contributed by atoms with E-state index >= 15 is 0 Å². The van der Waals surface area contributed by atoms with Crippen LogP contribution in [0.15, 0.2) is 29.4 Å². The van der Waals surface area contributed by atoms with Gasteiger partial charge in [-0.1, -0.05) is 11.2 Å². The molecule has 0 saturated carbocycles. The molecule has 4 N–H and O–H groups in total. The van der Waals surface area contributed by atoms with Crippen LogP contribution in [-0.2, 0) is 11.0 Å². The maximum absolute atomic E-state index is 12.4. The maximum atomic E-state index is 12.4. The molecule has 5 nitrogen and oxygen atoms in total. The van der Waals surface area contributed by atoms with Crippen LogP contribution in [-0.4, -0.2) is 17.0 Å². The van der Waals surface area contributed by atoms with Crippen molar-refractivity contribution in [2.45, 2.75) is 12.6 Å². The van der Waals surface area contributed by atoms with E-state index in [-0.39, 0.29) is 11.5 Å². The average Bonchev–Trinajstić information content (AvgIpc) is 2.27. The molecule has 98 valence electrons. The van der Waals surface area contributed by atoms with Crippen LogP contribution in [0.3, 0.4) is 0 Å². The van der Waals surface area contributed by atoms with Crippen molar-refractivity contribution < 1.29 is 23.2 Å². The van der Waals surface area contributed by atoms with Crippen LogP contribution in [0.5, 0.6) is 0 Å². The molecule has 0 saturated heterocycles. The first kappa shape index (κ1) is 13.8. The first-order chi connectivity index (χ1) is 8.32. The molecule has 0 radical (unpaired) electrons. The Morgan fingerprint density at radius 2 is 2.11 bits per heavy atom. The van der Waals surface area contributed by atoms with Crippen LogP contribution in [0.25, 0.3) is 0 Å². The predicted molar refractivity (Wildman–Crippen MR) is 58.1 cm³/mol. The predicted octanol–water partition coefficient (Wildman–Crippen LogP) is 1.78. The third-order valence-electron chi connectivity index (χ3n) is 1.94. The number of amides is 1. The van der Waals surface area contributed by atoms with Crippen molar-refractivity contribution in [3.8, 4) is 0 Å². The van der Waals surface area contributed by atoms with E-state index in [9.17, 15) is 18.0 Å². The van der Waals surface area contributed by atoms with Crippen LogP contribution in [0.2, 0.25) is 0 Å². The minimum absolute atomic E-state index is 0.0134. The molecule has 0 heterocycles. The Morgan fingerprint density at radius 3 is 2.67 bits per heavy atom. The van der Waals surface area contributed by atoms with Crippen molar-refractivity contribution in [1.29, 1.82) is 0 Å². The van der Waals surface area contributed by atoms with Gasteiger partial charge in [0.25, 0.3) is 0 Å². The summed E-state index contributed by atoms with van der Waals surface area (Å²) in [6.45, 7) is 0. The van der Waals surface area contributed by atoms with Gasteiger partial charge in [-0.15, -0.1) is 0 Å². The molecule has 1 rings (SSSR count). The molecule has 0 aliphatic rings. The molecular weight excluding hydrogens is 251 g/mol. The van der Waals surface area contributed by atoms with Gasteiger partial charge >= 0.3 is 6.18 Å². The van der Waals surface area contributed by atoms with Gasteiger partial charge in [0.2, 0.25) is 5.91 Å². The number of nitrogens with zero attached hydrogens (tertiary/aromatic N) is 1. The second-order valence-corrected chi connectivity index (χ2v) is 3.39. The number of halogens is 3. The average molecular weight is 261 g/mol. The molecule has 0 aliphatic heterocycles. The number of oxime groups is 1. The maximum Gasteiger partial charge on any atom is 0.416 e. The summed E-state index contributed by atoms with van der Waals surface area (Å²) in [5, 5.41) is 13.0. The van der Waals surface area contributed by atoms with E-state index in [2.05, 4.69) is 10.5 Å². The molecular formula is C10H10F3N3O2. The zero-order valence-electron chi connectivity index (χ0n) is 9.03. The summed E-state index contributed by atoms with van der Waals surface area (Å²) in [4.78, 5) is 11.3. The van der Waals surface area contributed by atoms with Crippen LogP contribution < -0.4 is 11.1 Å². The van der Waals surface area contributed by atoms with Crippen molar-refractivity contribution >= 4 is 17.4 Å². The minimum Gasteiger partial charge on any atom is -0.409 e. The van der Waals surface area contributed by atoms with Gasteiger partial charge in [0.1, 0.15) is 5.84 Å². The molecule has 0 aromatic heterocycles. The van der Waals surface area contributed by atoms with Gasteiger partial charge in [0, 0.05) is 5.69 Å². The second kappa shape index (κ2) is 5.39. The number of benzene rings is 1. The fourth-order valence-corrected chi connectivity index (χ4v) is 1.18. The first-order valence-corrected chi connectivity index (χ1v) is 4.76. The highest BCUT2D eigenvalue weighted by Crippen LogP contribution is 2.30. The van der Waals surface area contributed by atoms with Crippen molar-refractivity contribution in [3.63, 3.8) is 0 Å². The highest BCUT2D eigenvalue weighted by molar-refractivity contribution is 6.04. The van der Waals surface area contributed by atoms with Gasteiger partial charge < -0.3 is 16.3 Å². The summed E-state index contributed by atoms with van der Waals surface area (Å²) >= 11 is 0. The summed E-state index contributed by atoms with van der Waals surface area (Å²) in [6.07, 6.45) is -4.89. The molecule has 0 spiro atoms. The zero-order valence-corrected chi connectivity index (χ0v) is 9.03. The van der Waals surface area contributed by atoms with Crippen molar-refractivity contribution in [3.05, 3.63) is 29.8 Å². The SMILES string of the molecule is N/C(CC(=O)Nc1cccc(C(F)(F)F)c1)=N/O. The zero-order chi connectivity index (χ0) is 13.8. The van der Waals surface area contributed by atoms with E-state index in [1.807, 2.05) is 0 Å². The third kappa shape index (κ3) is 3.96. The minimum atomic E-state index is -4.48. The molecule has 0 aliphatic carbocycles. The number of nitrogens with one attached hydrogen (secondary N) is 1. The molecule has 18 heavy (non-hydrogen) atoms. The number of hydrogen-bond acceptors (Lipinski definition) is 3. The largest absolute Gasteiger partial charge is 0.416 e. The number of rotatable bonds is 3. The van der Waals surface area contributed by atoms with Crippen LogP contribution in [0, 0.1) is 0 Å². The lowest BCUT2D eigenvalue weighted by Gasteiger charge is -2.09. The monoisotopic (exact) mass is 261 g/mol. The Bertz CT molecular complexity index is 472. The third-order valence-corrected chi connectivity index (χ3v) is 1.94. The second-order valence-electron chi connectivity index (χ2n) is 3.39. The fraction of sp³-hybridized carbons (Fsp3) is 0.200. The van der Waals surface area contributed by atoms with Gasteiger partial charge in [-0.25, -0.2) is 0 Å². The van der Waals surface area contributed by atoms with Gasteiger partial charge in [0.05, 0.1) is 12.0 Å².